The van der Waals surface area contributed by atoms with E-state index in [1.54, 1.807) is 54.6 Å². The van der Waals surface area contributed by atoms with Gasteiger partial charge in [-0.25, -0.2) is 0 Å². The summed E-state index contributed by atoms with van der Waals surface area (Å²) in [6, 6.07) is 70.6. The minimum Gasteiger partial charge on any atom is -1.00 e. The van der Waals surface area contributed by atoms with Gasteiger partial charge in [0.15, 0.2) is 0 Å². The molecule has 0 radical (unpaired) electrons. The summed E-state index contributed by atoms with van der Waals surface area (Å²) >= 11 is 0. The predicted molar refractivity (Wildman–Crippen MR) is 285 cm³/mol. The van der Waals surface area contributed by atoms with Crippen LogP contribution in [0.15, 0.2) is 228 Å². The Bertz CT molecular complexity index is 2970. The molecule has 73 heavy (non-hydrogen) atoms. The van der Waals surface area contributed by atoms with E-state index in [9.17, 15) is 21.9 Å². The van der Waals surface area contributed by atoms with Crippen LogP contribution in [0.2, 0.25) is 0 Å². The molecule has 0 saturated heterocycles. The van der Waals surface area contributed by atoms with E-state index in [1.807, 2.05) is 75.4 Å². The maximum absolute atomic E-state index is 12.3. The van der Waals surface area contributed by atoms with Gasteiger partial charge < -0.3 is 21.4 Å². The van der Waals surface area contributed by atoms with Gasteiger partial charge in [-0.2, -0.15) is 16.8 Å². The van der Waals surface area contributed by atoms with E-state index in [1.165, 1.54) is 21.2 Å². The van der Waals surface area contributed by atoms with Gasteiger partial charge in [0.1, 0.15) is 24.7 Å². The molecule has 0 fully saturated rings. The molecule has 0 amide bonds. The third-order valence-corrected chi connectivity index (χ3v) is 17.4. The summed E-state index contributed by atoms with van der Waals surface area (Å²) in [4.78, 5) is 11.6. The van der Waals surface area contributed by atoms with Crippen LogP contribution in [0.3, 0.4) is 0 Å². The second-order valence-electron chi connectivity index (χ2n) is 15.2. The number of phenolic OH excluding ortho intramolecular Hbond substituents is 1. The van der Waals surface area contributed by atoms with Crippen LogP contribution < -0.4 is 145 Å². The Kier molecular flexibility index (Phi) is 30.2. The van der Waals surface area contributed by atoms with E-state index in [0.29, 0.717) is 17.9 Å². The zero-order chi connectivity index (χ0) is 50.9. The first-order chi connectivity index (χ1) is 34.3. The standard InChI is InChI=1S/C27H25O4PS.C18H15OP.C10H14O3S.CH2O3.2K.H/c1-22-15-17-27(18-16-22)33(28,29)31-20-19-30-23-9-8-14-26(21-23)32(24-10-4-2-5-11-24)25-12-6-3-7-13-25;19-15-8-7-13-18(14-15)20(16-9-3-1-4-10-16)17-11-5-2-6-12-17;1-3-8-13-14(11,12)10-6-4-9(2)5-7-10;2-1-4-3;;;/h2-18,21H,19-20H2,1H3;1-14,19H;4-7H,3,8H2,1-2H3;1,3H;;;/q;;;;2*+1;-1/p-1. The number of aryl methyl sites for hydroxylation is 2. The molecule has 0 heterocycles. The third-order valence-electron chi connectivity index (χ3n) is 9.91. The van der Waals surface area contributed by atoms with Crippen molar-refractivity contribution in [2.45, 2.75) is 37.0 Å². The summed E-state index contributed by atoms with van der Waals surface area (Å²) in [6.07, 6.45) is 0.686. The van der Waals surface area contributed by atoms with Crippen molar-refractivity contribution in [1.82, 2.24) is 0 Å². The van der Waals surface area contributed by atoms with Gasteiger partial charge in [0.2, 0.25) is 0 Å². The molecule has 0 aromatic heterocycles. The number of hydrogen-bond donors (Lipinski definition) is 1. The molecule has 0 bridgehead atoms. The molecule has 1 N–H and O–H groups in total. The number of ether oxygens (including phenoxy) is 1. The smallest absolute Gasteiger partial charge is 1.00 e. The van der Waals surface area contributed by atoms with Gasteiger partial charge in [-0.05, 0) is 116 Å². The second-order valence-corrected chi connectivity index (χ2v) is 22.9. The van der Waals surface area contributed by atoms with Crippen molar-refractivity contribution in [1.29, 1.82) is 0 Å². The minimum atomic E-state index is -3.80. The average molecular weight is 1110 g/mol. The molecule has 370 valence electrons. The first kappa shape index (κ1) is 64.0. The van der Waals surface area contributed by atoms with Gasteiger partial charge in [0.25, 0.3) is 26.7 Å². The van der Waals surface area contributed by atoms with Gasteiger partial charge in [-0.3, -0.25) is 13.2 Å². The molecular weight excluding hydrogens is 1050 g/mol. The van der Waals surface area contributed by atoms with Gasteiger partial charge >= 0.3 is 103 Å². The number of aromatic hydroxyl groups is 1. The molecule has 11 nitrogen and oxygen atoms in total. The summed E-state index contributed by atoms with van der Waals surface area (Å²) < 4.78 is 63.4. The maximum atomic E-state index is 12.3. The van der Waals surface area contributed by atoms with Crippen LogP contribution in [0.5, 0.6) is 11.5 Å². The summed E-state index contributed by atoms with van der Waals surface area (Å²) in [6.45, 7) is 5.79. The Morgan fingerprint density at radius 2 is 0.822 bits per heavy atom. The van der Waals surface area contributed by atoms with Crippen LogP contribution in [0, 0.1) is 13.8 Å². The quantitative estimate of drug-likeness (QED) is 0.0271. The fraction of sp³-hybridized carbons (Fsp3) is 0.125. The van der Waals surface area contributed by atoms with Gasteiger partial charge in [0, 0.05) is 0 Å². The van der Waals surface area contributed by atoms with Crippen LogP contribution in [0.1, 0.15) is 25.9 Å². The van der Waals surface area contributed by atoms with Crippen molar-refractivity contribution in [2.75, 3.05) is 19.8 Å². The number of rotatable bonds is 17. The molecule has 0 atom stereocenters. The van der Waals surface area contributed by atoms with E-state index < -0.39 is 36.1 Å². The molecule has 8 aromatic carbocycles. The fourth-order valence-electron chi connectivity index (χ4n) is 6.59. The maximum Gasteiger partial charge on any atom is 1.00 e. The predicted octanol–water partition coefficient (Wildman–Crippen LogP) is 2.35. The van der Waals surface area contributed by atoms with Crippen LogP contribution in [0.25, 0.3) is 0 Å². The van der Waals surface area contributed by atoms with Crippen molar-refractivity contribution in [3.05, 3.63) is 230 Å². The fourth-order valence-corrected chi connectivity index (χ4v) is 13.1. The number of carbonyl (C=O) groups excluding carboxylic acids is 1. The molecule has 0 aliphatic rings. The molecule has 0 saturated carbocycles. The van der Waals surface area contributed by atoms with Crippen molar-refractivity contribution in [3.8, 4) is 11.5 Å². The summed E-state index contributed by atoms with van der Waals surface area (Å²) in [5.41, 5.74) is 2.02. The number of benzene rings is 8. The molecular formula is C56H56K2O11P2S2. The Morgan fingerprint density at radius 3 is 1.18 bits per heavy atom. The van der Waals surface area contributed by atoms with Gasteiger partial charge in [-0.15, -0.1) is 0 Å². The zero-order valence-electron chi connectivity index (χ0n) is 42.4. The van der Waals surface area contributed by atoms with Crippen LogP contribution in [-0.4, -0.2) is 48.2 Å². The first-order valence-corrected chi connectivity index (χ1v) is 27.8. The monoisotopic (exact) mass is 1110 g/mol. The normalized spacial score (nSPS) is 10.6. The molecule has 0 unspecified atom stereocenters. The Hall–Kier alpha value is -3.26. The number of carbonyl (C=O) groups is 1. The van der Waals surface area contributed by atoms with Crippen molar-refractivity contribution in [2.24, 2.45) is 0 Å². The van der Waals surface area contributed by atoms with Gasteiger partial charge in [0.05, 0.1) is 16.4 Å². The van der Waals surface area contributed by atoms with E-state index in [0.717, 1.165) is 21.7 Å². The molecule has 17 heteroatoms. The molecule has 0 spiro atoms. The zero-order valence-corrected chi connectivity index (χ0v) is 51.1. The summed E-state index contributed by atoms with van der Waals surface area (Å²) in [5.74, 6) is 1.00. The molecule has 0 aliphatic carbocycles. The van der Waals surface area contributed by atoms with Crippen molar-refractivity contribution < 1.29 is 154 Å². The second kappa shape index (κ2) is 34.4. The number of hydrogen-bond acceptors (Lipinski definition) is 11. The number of phenols is 1. The van der Waals surface area contributed by atoms with E-state index in [-0.39, 0.29) is 140 Å². The Morgan fingerprint density at radius 1 is 0.479 bits per heavy atom. The van der Waals surface area contributed by atoms with Crippen molar-refractivity contribution in [3.63, 3.8) is 0 Å². The van der Waals surface area contributed by atoms with E-state index in [2.05, 4.69) is 114 Å². The molecule has 8 aromatic rings. The Balaban J connectivity index is 0.000000390. The van der Waals surface area contributed by atoms with Gasteiger partial charge in [-0.1, -0.05) is 188 Å². The van der Waals surface area contributed by atoms with Crippen molar-refractivity contribution >= 4 is 74.4 Å². The summed E-state index contributed by atoms with van der Waals surface area (Å²) in [7, 11) is -8.70. The molecule has 8 rings (SSSR count). The molecule has 0 aliphatic heterocycles. The topological polar surface area (TPSA) is 166 Å². The SMILES string of the molecule is CCCOS(=O)(=O)c1ccc(C)cc1.Cc1ccc(S(=O)(=O)OCCOc2cccc(P(c3ccccc3)c3ccccc3)c2)cc1.O=CO[O-].Oc1cccc(P(c2ccccc2)c2ccccc2)c1.[H-].[K+].[K+]. The van der Waals surface area contributed by atoms with Crippen LogP contribution >= 0.6 is 15.8 Å². The third kappa shape index (κ3) is 21.7. The Labute approximate surface area is 519 Å². The summed E-state index contributed by atoms with van der Waals surface area (Å²) in [5, 5.41) is 25.6. The average Bonchev–Trinajstić information content (AvgIpc) is 3.39. The van der Waals surface area contributed by atoms with E-state index in [4.69, 9.17) is 23.2 Å². The minimum absolute atomic E-state index is 0. The first-order valence-electron chi connectivity index (χ1n) is 22.3. The largest absolute Gasteiger partial charge is 1.00 e. The van der Waals surface area contributed by atoms with Crippen LogP contribution in [0.4, 0.5) is 0 Å². The van der Waals surface area contributed by atoms with Crippen LogP contribution in [-0.2, 0) is 38.3 Å². The van der Waals surface area contributed by atoms with E-state index >= 15 is 0 Å².